The minimum Gasteiger partial charge on any atom is -1.00 e. The number of aryl methyl sites for hydroxylation is 1. The van der Waals surface area contributed by atoms with Crippen molar-refractivity contribution in [1.82, 2.24) is 4.90 Å². The SMILES string of the molecule is Cc1ccc(C2C(CN3CCCCC3)COC23CCCCC3)cc1.[Cl-].[H+]. The summed E-state index contributed by atoms with van der Waals surface area (Å²) in [4.78, 5) is 2.71. The standard InChI is InChI=1S/C22H33NO.ClH/c1-18-8-10-19(11-9-18)21-20(16-23-14-6-3-7-15-23)17-24-22(21)12-4-2-5-13-22;/h8-11,20-21H,2-7,12-17H2,1H3;1H. The summed E-state index contributed by atoms with van der Waals surface area (Å²) in [6.07, 6.45) is 10.8. The maximum Gasteiger partial charge on any atom is 1.00 e. The van der Waals surface area contributed by atoms with Crippen molar-refractivity contribution in [3.05, 3.63) is 35.4 Å². The Morgan fingerprint density at radius 1 is 1.00 bits per heavy atom. The van der Waals surface area contributed by atoms with Gasteiger partial charge in [-0.25, -0.2) is 0 Å². The van der Waals surface area contributed by atoms with Crippen molar-refractivity contribution >= 4 is 0 Å². The van der Waals surface area contributed by atoms with Crippen molar-refractivity contribution in [2.45, 2.75) is 69.8 Å². The van der Waals surface area contributed by atoms with Crippen LogP contribution in [0.2, 0.25) is 0 Å². The van der Waals surface area contributed by atoms with E-state index in [1.54, 1.807) is 0 Å². The van der Waals surface area contributed by atoms with Crippen LogP contribution in [0.4, 0.5) is 0 Å². The lowest BCUT2D eigenvalue weighted by Gasteiger charge is -2.40. The smallest absolute Gasteiger partial charge is 1.00 e. The van der Waals surface area contributed by atoms with Gasteiger partial charge in [0.15, 0.2) is 0 Å². The monoisotopic (exact) mass is 363 g/mol. The van der Waals surface area contributed by atoms with E-state index in [0.29, 0.717) is 11.8 Å². The molecule has 0 bridgehead atoms. The van der Waals surface area contributed by atoms with Crippen LogP contribution in [0.15, 0.2) is 24.3 Å². The number of ether oxygens (including phenoxy) is 1. The number of piperidine rings is 1. The molecular formula is C22H34ClNO. The largest absolute Gasteiger partial charge is 1.00 e. The zero-order chi connectivity index (χ0) is 16.4. The molecule has 4 rings (SSSR count). The predicted octanol–water partition coefficient (Wildman–Crippen LogP) is 2.03. The molecule has 3 aliphatic rings. The molecule has 2 saturated heterocycles. The van der Waals surface area contributed by atoms with Crippen molar-refractivity contribution < 1.29 is 18.6 Å². The van der Waals surface area contributed by atoms with E-state index in [-0.39, 0.29) is 19.4 Å². The highest BCUT2D eigenvalue weighted by molar-refractivity contribution is 5.29. The fraction of sp³-hybridized carbons (Fsp3) is 0.727. The average Bonchev–Trinajstić information content (AvgIpc) is 2.95. The Kier molecular flexibility index (Phi) is 6.46. The summed E-state index contributed by atoms with van der Waals surface area (Å²) in [6.45, 7) is 6.99. The van der Waals surface area contributed by atoms with E-state index in [4.69, 9.17) is 4.74 Å². The Morgan fingerprint density at radius 3 is 2.32 bits per heavy atom. The third kappa shape index (κ3) is 4.07. The van der Waals surface area contributed by atoms with Crippen molar-refractivity contribution in [2.75, 3.05) is 26.2 Å². The maximum atomic E-state index is 6.61. The van der Waals surface area contributed by atoms with E-state index in [2.05, 4.69) is 36.1 Å². The zero-order valence-electron chi connectivity index (χ0n) is 16.7. The lowest BCUT2D eigenvalue weighted by Crippen LogP contribution is -3.00. The molecule has 1 aliphatic carbocycles. The molecule has 2 aliphatic heterocycles. The van der Waals surface area contributed by atoms with Gasteiger partial charge in [-0.15, -0.1) is 0 Å². The number of hydrogen-bond acceptors (Lipinski definition) is 2. The molecule has 0 amide bonds. The number of halogens is 1. The Hall–Kier alpha value is -0.570. The van der Waals surface area contributed by atoms with Crippen LogP contribution < -0.4 is 12.4 Å². The molecule has 1 aromatic carbocycles. The Balaban J connectivity index is 0.00000121. The molecule has 2 unspecified atom stereocenters. The number of nitrogens with zero attached hydrogens (tertiary/aromatic N) is 1. The van der Waals surface area contributed by atoms with Gasteiger partial charge in [0.05, 0.1) is 12.2 Å². The van der Waals surface area contributed by atoms with Crippen LogP contribution in [0.1, 0.15) is 69.8 Å². The molecule has 1 spiro atoms. The molecule has 2 atom stereocenters. The van der Waals surface area contributed by atoms with Gasteiger partial charge < -0.3 is 22.0 Å². The van der Waals surface area contributed by atoms with Gasteiger partial charge >= 0.3 is 1.43 Å². The molecule has 25 heavy (non-hydrogen) atoms. The first-order chi connectivity index (χ1) is 11.8. The van der Waals surface area contributed by atoms with Crippen molar-refractivity contribution in [3.63, 3.8) is 0 Å². The molecule has 2 heterocycles. The maximum absolute atomic E-state index is 6.61. The first-order valence-corrected chi connectivity index (χ1v) is 10.2. The molecule has 0 aromatic heterocycles. The Labute approximate surface area is 161 Å². The highest BCUT2D eigenvalue weighted by Crippen LogP contribution is 2.51. The normalized spacial score (nSPS) is 29.5. The van der Waals surface area contributed by atoms with Crippen LogP contribution in [0.5, 0.6) is 0 Å². The number of hydrogen-bond donors (Lipinski definition) is 0. The Morgan fingerprint density at radius 2 is 1.64 bits per heavy atom. The zero-order valence-corrected chi connectivity index (χ0v) is 16.4. The van der Waals surface area contributed by atoms with Crippen LogP contribution in [0.3, 0.4) is 0 Å². The summed E-state index contributed by atoms with van der Waals surface area (Å²) < 4.78 is 6.61. The minimum atomic E-state index is 0. The van der Waals surface area contributed by atoms with E-state index in [1.165, 1.54) is 82.1 Å². The van der Waals surface area contributed by atoms with E-state index < -0.39 is 0 Å². The molecule has 3 fully saturated rings. The summed E-state index contributed by atoms with van der Waals surface area (Å²) in [5, 5.41) is 0. The quantitative estimate of drug-likeness (QED) is 0.814. The summed E-state index contributed by atoms with van der Waals surface area (Å²) in [6, 6.07) is 9.35. The van der Waals surface area contributed by atoms with Crippen molar-refractivity contribution in [2.24, 2.45) is 5.92 Å². The van der Waals surface area contributed by atoms with Gasteiger partial charge in [-0.2, -0.15) is 0 Å². The second-order valence-corrected chi connectivity index (χ2v) is 8.45. The van der Waals surface area contributed by atoms with Gasteiger partial charge in [-0.3, -0.25) is 0 Å². The fourth-order valence-corrected chi connectivity index (χ4v) is 5.48. The van der Waals surface area contributed by atoms with Gasteiger partial charge in [-0.05, 0) is 51.3 Å². The van der Waals surface area contributed by atoms with Crippen LogP contribution in [-0.2, 0) is 4.74 Å². The van der Waals surface area contributed by atoms with Crippen LogP contribution >= 0.6 is 0 Å². The molecular weight excluding hydrogens is 330 g/mol. The lowest BCUT2D eigenvalue weighted by atomic mass is 9.69. The average molecular weight is 364 g/mol. The fourth-order valence-electron chi connectivity index (χ4n) is 5.48. The number of rotatable bonds is 3. The van der Waals surface area contributed by atoms with E-state index >= 15 is 0 Å². The first kappa shape index (κ1) is 19.2. The van der Waals surface area contributed by atoms with Crippen LogP contribution in [0.25, 0.3) is 0 Å². The van der Waals surface area contributed by atoms with E-state index in [1.807, 2.05) is 0 Å². The van der Waals surface area contributed by atoms with Crippen molar-refractivity contribution in [3.8, 4) is 0 Å². The van der Waals surface area contributed by atoms with Gasteiger partial charge in [0.25, 0.3) is 0 Å². The van der Waals surface area contributed by atoms with Gasteiger partial charge in [0, 0.05) is 18.4 Å². The third-order valence-corrected chi connectivity index (χ3v) is 6.70. The lowest BCUT2D eigenvalue weighted by molar-refractivity contribution is -0.0342. The Bertz CT molecular complexity index is 538. The van der Waals surface area contributed by atoms with E-state index in [9.17, 15) is 0 Å². The highest BCUT2D eigenvalue weighted by Gasteiger charge is 2.50. The van der Waals surface area contributed by atoms with Crippen molar-refractivity contribution in [1.29, 1.82) is 0 Å². The van der Waals surface area contributed by atoms with Gasteiger partial charge in [-0.1, -0.05) is 55.5 Å². The van der Waals surface area contributed by atoms with Gasteiger partial charge in [0.1, 0.15) is 0 Å². The summed E-state index contributed by atoms with van der Waals surface area (Å²) >= 11 is 0. The molecule has 0 N–H and O–H groups in total. The van der Waals surface area contributed by atoms with Gasteiger partial charge in [0.2, 0.25) is 0 Å². The minimum absolute atomic E-state index is 0. The number of benzene rings is 1. The molecule has 1 saturated carbocycles. The topological polar surface area (TPSA) is 12.5 Å². The second-order valence-electron chi connectivity index (χ2n) is 8.45. The number of likely N-dealkylation sites (tertiary alicyclic amines) is 1. The summed E-state index contributed by atoms with van der Waals surface area (Å²) in [5.74, 6) is 1.27. The third-order valence-electron chi connectivity index (χ3n) is 6.70. The van der Waals surface area contributed by atoms with Crippen LogP contribution in [-0.4, -0.2) is 36.7 Å². The molecule has 0 radical (unpaired) electrons. The second kappa shape index (κ2) is 8.41. The molecule has 2 nitrogen and oxygen atoms in total. The molecule has 140 valence electrons. The van der Waals surface area contributed by atoms with Crippen LogP contribution in [0, 0.1) is 12.8 Å². The molecule has 3 heteroatoms. The summed E-state index contributed by atoms with van der Waals surface area (Å²) in [5.41, 5.74) is 3.03. The highest BCUT2D eigenvalue weighted by atomic mass is 35.5. The molecule has 1 aromatic rings. The first-order valence-electron chi connectivity index (χ1n) is 10.2. The summed E-state index contributed by atoms with van der Waals surface area (Å²) in [7, 11) is 0. The van der Waals surface area contributed by atoms with E-state index in [0.717, 1.165) is 6.61 Å². The predicted molar refractivity (Wildman–Crippen MR) is 101 cm³/mol.